The van der Waals surface area contributed by atoms with Gasteiger partial charge in [0.05, 0.1) is 5.69 Å². The van der Waals surface area contributed by atoms with Crippen molar-refractivity contribution in [3.8, 4) is 11.1 Å². The summed E-state index contributed by atoms with van der Waals surface area (Å²) in [6.07, 6.45) is 1.06. The third-order valence-electron chi connectivity index (χ3n) is 3.82. The molecule has 2 aromatic rings. The quantitative estimate of drug-likeness (QED) is 0.693. The summed E-state index contributed by atoms with van der Waals surface area (Å²) in [7, 11) is 0. The number of rotatable bonds is 0. The van der Waals surface area contributed by atoms with Crippen LogP contribution in [0.5, 0.6) is 0 Å². The fraction of sp³-hybridized carbons (Fsp3) is 0.188. The normalized spacial score (nSPS) is 16.1. The van der Waals surface area contributed by atoms with Crippen LogP contribution < -0.4 is 4.90 Å². The zero-order chi connectivity index (χ0) is 13.7. The lowest BCUT2D eigenvalue weighted by atomic mass is 9.91. The van der Waals surface area contributed by atoms with E-state index in [1.54, 1.807) is 0 Å². The average molecular weight is 303 g/mol. The van der Waals surface area contributed by atoms with Gasteiger partial charge >= 0.3 is 0 Å². The molecule has 2 heterocycles. The Bertz CT molecular complexity index is 737. The van der Waals surface area contributed by atoms with E-state index in [0.717, 1.165) is 46.6 Å². The predicted octanol–water partition coefficient (Wildman–Crippen LogP) is 4.63. The highest BCUT2D eigenvalue weighted by Crippen LogP contribution is 2.42. The molecule has 0 fully saturated rings. The van der Waals surface area contributed by atoms with E-state index in [4.69, 9.17) is 28.2 Å². The van der Waals surface area contributed by atoms with Gasteiger partial charge in [-0.1, -0.05) is 35.3 Å². The van der Waals surface area contributed by atoms with Gasteiger partial charge in [-0.25, -0.2) is 0 Å². The number of anilines is 1. The molecule has 4 heteroatoms. The smallest absolute Gasteiger partial charge is 0.136 e. The summed E-state index contributed by atoms with van der Waals surface area (Å²) in [5.41, 5.74) is 4.64. The molecule has 2 aromatic carbocycles. The first kappa shape index (κ1) is 12.2. The topological polar surface area (TPSA) is 15.6 Å². The molecule has 0 spiro atoms. The average Bonchev–Trinajstić information content (AvgIpc) is 2.47. The number of halogens is 2. The predicted molar refractivity (Wildman–Crippen MR) is 85.3 cm³/mol. The number of hydrogen-bond acceptors (Lipinski definition) is 2. The van der Waals surface area contributed by atoms with Crippen LogP contribution in [-0.4, -0.2) is 18.9 Å². The molecule has 20 heavy (non-hydrogen) atoms. The number of benzene rings is 2. The lowest BCUT2D eigenvalue weighted by Gasteiger charge is -2.36. The second-order valence-electron chi connectivity index (χ2n) is 5.06. The van der Waals surface area contributed by atoms with Gasteiger partial charge in [0, 0.05) is 34.3 Å². The van der Waals surface area contributed by atoms with E-state index in [9.17, 15) is 0 Å². The van der Waals surface area contributed by atoms with Crippen molar-refractivity contribution >= 4 is 34.7 Å². The number of nitrogens with zero attached hydrogens (tertiary/aromatic N) is 2. The number of hydrogen-bond donors (Lipinski definition) is 0. The van der Waals surface area contributed by atoms with E-state index in [0.29, 0.717) is 0 Å². The van der Waals surface area contributed by atoms with Crippen LogP contribution in [0.15, 0.2) is 41.4 Å². The Hall–Kier alpha value is -1.51. The van der Waals surface area contributed by atoms with Crippen LogP contribution in [0.1, 0.15) is 12.0 Å². The molecule has 2 nitrogen and oxygen atoms in total. The highest BCUT2D eigenvalue weighted by Gasteiger charge is 2.29. The second kappa shape index (κ2) is 4.51. The molecule has 0 saturated heterocycles. The molecule has 0 aliphatic carbocycles. The summed E-state index contributed by atoms with van der Waals surface area (Å²) < 4.78 is 0. The highest BCUT2D eigenvalue weighted by molar-refractivity contribution is 6.33. The van der Waals surface area contributed by atoms with Gasteiger partial charge in [-0.2, -0.15) is 0 Å². The van der Waals surface area contributed by atoms with E-state index in [2.05, 4.69) is 17.0 Å². The Morgan fingerprint density at radius 2 is 1.65 bits per heavy atom. The fourth-order valence-electron chi connectivity index (χ4n) is 2.96. The Kier molecular flexibility index (Phi) is 2.76. The molecule has 0 aromatic heterocycles. The van der Waals surface area contributed by atoms with Crippen molar-refractivity contribution in [1.82, 2.24) is 0 Å². The van der Waals surface area contributed by atoms with Gasteiger partial charge in [-0.15, -0.1) is 0 Å². The fourth-order valence-corrected chi connectivity index (χ4v) is 3.30. The molecule has 4 rings (SSSR count). The third kappa shape index (κ3) is 1.75. The lowest BCUT2D eigenvalue weighted by Crippen LogP contribution is -2.39. The van der Waals surface area contributed by atoms with Crippen molar-refractivity contribution in [3.05, 3.63) is 52.0 Å². The van der Waals surface area contributed by atoms with Gasteiger partial charge in [0.25, 0.3) is 0 Å². The van der Waals surface area contributed by atoms with Crippen LogP contribution in [0.3, 0.4) is 0 Å². The number of amidine groups is 1. The SMILES string of the molecule is Clc1ccc2c(c1)C1=NCCCN1c1cc(Cl)ccc1-2. The van der Waals surface area contributed by atoms with Crippen LogP contribution in [-0.2, 0) is 0 Å². The summed E-state index contributed by atoms with van der Waals surface area (Å²) in [5, 5.41) is 1.50. The maximum absolute atomic E-state index is 6.17. The van der Waals surface area contributed by atoms with E-state index in [-0.39, 0.29) is 0 Å². The molecule has 0 unspecified atom stereocenters. The molecule has 2 aliphatic heterocycles. The number of fused-ring (bicyclic) bond motifs is 6. The molecule has 0 bridgehead atoms. The van der Waals surface area contributed by atoms with Crippen LogP contribution >= 0.6 is 23.2 Å². The molecule has 0 N–H and O–H groups in total. The molecular weight excluding hydrogens is 291 g/mol. The van der Waals surface area contributed by atoms with Crippen LogP contribution in [0.2, 0.25) is 10.0 Å². The first-order valence-corrected chi connectivity index (χ1v) is 7.41. The largest absolute Gasteiger partial charge is 0.325 e. The van der Waals surface area contributed by atoms with E-state index >= 15 is 0 Å². The molecule has 0 saturated carbocycles. The highest BCUT2D eigenvalue weighted by atomic mass is 35.5. The molecule has 2 aliphatic rings. The van der Waals surface area contributed by atoms with Crippen molar-refractivity contribution in [3.63, 3.8) is 0 Å². The Labute approximate surface area is 127 Å². The first-order chi connectivity index (χ1) is 9.74. The maximum atomic E-state index is 6.17. The summed E-state index contributed by atoms with van der Waals surface area (Å²) >= 11 is 12.3. The van der Waals surface area contributed by atoms with E-state index in [1.165, 1.54) is 11.1 Å². The van der Waals surface area contributed by atoms with Crippen LogP contribution in [0.4, 0.5) is 5.69 Å². The minimum Gasteiger partial charge on any atom is -0.325 e. The van der Waals surface area contributed by atoms with Gasteiger partial charge in [0.1, 0.15) is 5.84 Å². The molecule has 100 valence electrons. The van der Waals surface area contributed by atoms with E-state index < -0.39 is 0 Å². The molecule has 0 radical (unpaired) electrons. The third-order valence-corrected chi connectivity index (χ3v) is 4.29. The minimum atomic E-state index is 0.745. The Morgan fingerprint density at radius 1 is 0.900 bits per heavy atom. The summed E-state index contributed by atoms with van der Waals surface area (Å²) in [6, 6.07) is 12.0. The summed E-state index contributed by atoms with van der Waals surface area (Å²) in [6.45, 7) is 1.84. The van der Waals surface area contributed by atoms with E-state index in [1.807, 2.05) is 24.3 Å². The Morgan fingerprint density at radius 3 is 2.50 bits per heavy atom. The summed E-state index contributed by atoms with van der Waals surface area (Å²) in [4.78, 5) is 6.96. The van der Waals surface area contributed by atoms with Crippen molar-refractivity contribution in [1.29, 1.82) is 0 Å². The molecule has 0 atom stereocenters. The maximum Gasteiger partial charge on any atom is 0.136 e. The van der Waals surface area contributed by atoms with Crippen LogP contribution in [0, 0.1) is 0 Å². The number of aliphatic imine (C=N–C) groups is 1. The lowest BCUT2D eigenvalue weighted by molar-refractivity contribution is 0.789. The monoisotopic (exact) mass is 302 g/mol. The van der Waals surface area contributed by atoms with Gasteiger partial charge < -0.3 is 4.90 Å². The van der Waals surface area contributed by atoms with Gasteiger partial charge in [0.15, 0.2) is 0 Å². The zero-order valence-electron chi connectivity index (χ0n) is 10.7. The van der Waals surface area contributed by atoms with Gasteiger partial charge in [-0.3, -0.25) is 4.99 Å². The van der Waals surface area contributed by atoms with Crippen molar-refractivity contribution in [2.75, 3.05) is 18.0 Å². The first-order valence-electron chi connectivity index (χ1n) is 6.66. The molecule has 0 amide bonds. The van der Waals surface area contributed by atoms with Gasteiger partial charge in [0.2, 0.25) is 0 Å². The van der Waals surface area contributed by atoms with Crippen molar-refractivity contribution in [2.24, 2.45) is 4.99 Å². The minimum absolute atomic E-state index is 0.745. The summed E-state index contributed by atoms with van der Waals surface area (Å²) in [5.74, 6) is 1.02. The zero-order valence-corrected chi connectivity index (χ0v) is 12.2. The van der Waals surface area contributed by atoms with Crippen LogP contribution in [0.25, 0.3) is 11.1 Å². The standard InChI is InChI=1S/C16H12Cl2N2/c17-10-2-4-12-13-5-3-11(18)9-15(13)20-7-1-6-19-16(20)14(12)8-10/h2-5,8-9H,1,6-7H2. The van der Waals surface area contributed by atoms with Crippen molar-refractivity contribution < 1.29 is 0 Å². The Balaban J connectivity index is 2.06. The van der Waals surface area contributed by atoms with Gasteiger partial charge in [-0.05, 0) is 36.2 Å². The van der Waals surface area contributed by atoms with Crippen molar-refractivity contribution in [2.45, 2.75) is 6.42 Å². The molecular formula is C16H12Cl2N2. The second-order valence-corrected chi connectivity index (χ2v) is 5.93.